The van der Waals surface area contributed by atoms with Crippen molar-refractivity contribution in [2.45, 2.75) is 19.9 Å². The first-order valence-electron chi connectivity index (χ1n) is 7.88. The van der Waals surface area contributed by atoms with E-state index < -0.39 is 17.8 Å². The molecule has 1 N–H and O–H groups in total. The Kier molecular flexibility index (Phi) is 6.10. The van der Waals surface area contributed by atoms with Gasteiger partial charge in [0.25, 0.3) is 0 Å². The summed E-state index contributed by atoms with van der Waals surface area (Å²) < 4.78 is 20.4. The number of hydrogen-bond donors (Lipinski definition) is 1. The molecule has 2 amide bonds. The van der Waals surface area contributed by atoms with Gasteiger partial charge in [0.1, 0.15) is 6.04 Å². The minimum atomic E-state index is -0.559. The Bertz CT molecular complexity index is 733. The summed E-state index contributed by atoms with van der Waals surface area (Å²) in [6.07, 6.45) is 3.26. The summed E-state index contributed by atoms with van der Waals surface area (Å²) in [5, 5.41) is 6.58. The summed E-state index contributed by atoms with van der Waals surface area (Å²) in [5.74, 6) is -1.11. The molecule has 0 saturated carbocycles. The number of nitrogens with one attached hydrogen (secondary N) is 1. The van der Waals surface area contributed by atoms with Gasteiger partial charge >= 0.3 is 0 Å². The number of benzene rings is 1. The van der Waals surface area contributed by atoms with Gasteiger partial charge in [-0.05, 0) is 32.0 Å². The normalized spacial score (nSPS) is 11.7. The Morgan fingerprint density at radius 1 is 1.44 bits per heavy atom. The summed E-state index contributed by atoms with van der Waals surface area (Å²) in [6.45, 7) is 3.65. The number of ether oxygens (including phenoxy) is 1. The number of nitrogens with zero attached hydrogens (tertiary/aromatic N) is 3. The number of likely N-dealkylation sites (N-methyl/N-ethyl adjacent to an activating group) is 1. The van der Waals surface area contributed by atoms with Crippen molar-refractivity contribution < 1.29 is 18.7 Å². The van der Waals surface area contributed by atoms with E-state index in [-0.39, 0.29) is 18.2 Å². The average molecular weight is 348 g/mol. The first kappa shape index (κ1) is 18.4. The number of rotatable bonds is 7. The fraction of sp³-hybridized carbons (Fsp3) is 0.353. The van der Waals surface area contributed by atoms with Crippen LogP contribution in [-0.4, -0.2) is 46.7 Å². The van der Waals surface area contributed by atoms with Crippen LogP contribution in [0, 0.1) is 5.82 Å². The molecule has 0 aliphatic rings. The molecule has 1 heterocycles. The third-order valence-electron chi connectivity index (χ3n) is 3.55. The lowest BCUT2D eigenvalue weighted by atomic mass is 10.2. The van der Waals surface area contributed by atoms with Crippen molar-refractivity contribution in [3.63, 3.8) is 0 Å². The molecule has 0 aliphatic carbocycles. The van der Waals surface area contributed by atoms with E-state index in [4.69, 9.17) is 4.74 Å². The van der Waals surface area contributed by atoms with Crippen molar-refractivity contribution in [1.29, 1.82) is 0 Å². The molecule has 1 unspecified atom stereocenters. The molecule has 2 aromatic rings. The minimum absolute atomic E-state index is 0.126. The van der Waals surface area contributed by atoms with Crippen LogP contribution in [0.15, 0.2) is 36.7 Å². The van der Waals surface area contributed by atoms with Crippen molar-refractivity contribution in [2.75, 3.05) is 25.5 Å². The second-order valence-electron chi connectivity index (χ2n) is 5.48. The van der Waals surface area contributed by atoms with Gasteiger partial charge in [0.05, 0.1) is 13.2 Å². The van der Waals surface area contributed by atoms with E-state index >= 15 is 0 Å². The molecule has 0 aliphatic heterocycles. The molecule has 25 heavy (non-hydrogen) atoms. The highest BCUT2D eigenvalue weighted by Gasteiger charge is 2.21. The minimum Gasteiger partial charge on any atom is -0.491 e. The first-order chi connectivity index (χ1) is 11.9. The Labute approximate surface area is 145 Å². The highest BCUT2D eigenvalue weighted by Crippen LogP contribution is 2.21. The zero-order chi connectivity index (χ0) is 18.4. The van der Waals surface area contributed by atoms with Crippen LogP contribution in [0.3, 0.4) is 0 Å². The fourth-order valence-corrected chi connectivity index (χ4v) is 2.29. The van der Waals surface area contributed by atoms with Crippen LogP contribution in [-0.2, 0) is 9.59 Å². The van der Waals surface area contributed by atoms with E-state index in [2.05, 4.69) is 10.4 Å². The third kappa shape index (κ3) is 4.79. The predicted octanol–water partition coefficient (Wildman–Crippen LogP) is 2.08. The summed E-state index contributed by atoms with van der Waals surface area (Å²) in [5.41, 5.74) is 0.298. The van der Waals surface area contributed by atoms with Gasteiger partial charge in [-0.15, -0.1) is 0 Å². The number of aromatic nitrogens is 2. The summed E-state index contributed by atoms with van der Waals surface area (Å²) in [4.78, 5) is 25.7. The number of hydrogen-bond acceptors (Lipinski definition) is 4. The lowest BCUT2D eigenvalue weighted by Gasteiger charge is -2.21. The zero-order valence-corrected chi connectivity index (χ0v) is 14.4. The monoisotopic (exact) mass is 348 g/mol. The van der Waals surface area contributed by atoms with Gasteiger partial charge in [0, 0.05) is 31.2 Å². The Balaban J connectivity index is 1.93. The molecule has 1 aromatic heterocycles. The molecule has 8 heteroatoms. The van der Waals surface area contributed by atoms with Crippen LogP contribution in [0.4, 0.5) is 10.1 Å². The summed E-state index contributed by atoms with van der Waals surface area (Å²) in [7, 11) is 1.53. The number of amides is 2. The first-order valence-corrected chi connectivity index (χ1v) is 7.88. The third-order valence-corrected chi connectivity index (χ3v) is 3.55. The number of carbonyl (C=O) groups is 2. The van der Waals surface area contributed by atoms with Gasteiger partial charge in [-0.3, -0.25) is 14.3 Å². The largest absolute Gasteiger partial charge is 0.491 e. The molecule has 7 nitrogen and oxygen atoms in total. The van der Waals surface area contributed by atoms with Gasteiger partial charge in [-0.25, -0.2) is 4.39 Å². The fourth-order valence-electron chi connectivity index (χ4n) is 2.29. The quantitative estimate of drug-likeness (QED) is 0.831. The molecule has 0 bridgehead atoms. The smallest absolute Gasteiger partial charge is 0.247 e. The Morgan fingerprint density at radius 3 is 2.80 bits per heavy atom. The number of anilines is 1. The Morgan fingerprint density at radius 2 is 2.20 bits per heavy atom. The van der Waals surface area contributed by atoms with Crippen LogP contribution in [0.25, 0.3) is 0 Å². The second-order valence-corrected chi connectivity index (χ2v) is 5.48. The van der Waals surface area contributed by atoms with Gasteiger partial charge in [0.2, 0.25) is 11.8 Å². The summed E-state index contributed by atoms with van der Waals surface area (Å²) >= 11 is 0. The van der Waals surface area contributed by atoms with Crippen molar-refractivity contribution in [2.24, 2.45) is 0 Å². The van der Waals surface area contributed by atoms with E-state index in [1.807, 2.05) is 0 Å². The number of halogens is 1. The van der Waals surface area contributed by atoms with Crippen LogP contribution in [0.2, 0.25) is 0 Å². The topological polar surface area (TPSA) is 76.5 Å². The Hall–Kier alpha value is -2.90. The predicted molar refractivity (Wildman–Crippen MR) is 90.8 cm³/mol. The molecule has 0 fully saturated rings. The van der Waals surface area contributed by atoms with Crippen LogP contribution < -0.4 is 10.1 Å². The van der Waals surface area contributed by atoms with E-state index in [0.717, 1.165) is 0 Å². The molecule has 134 valence electrons. The summed E-state index contributed by atoms with van der Waals surface area (Å²) in [6, 6.07) is 5.37. The molecule has 1 aromatic carbocycles. The van der Waals surface area contributed by atoms with Gasteiger partial charge < -0.3 is 15.0 Å². The molecular formula is C17H21FN4O3. The van der Waals surface area contributed by atoms with E-state index in [1.54, 1.807) is 38.4 Å². The van der Waals surface area contributed by atoms with Crippen molar-refractivity contribution in [3.05, 3.63) is 42.5 Å². The maximum Gasteiger partial charge on any atom is 0.247 e. The molecular weight excluding hydrogens is 327 g/mol. The van der Waals surface area contributed by atoms with Crippen molar-refractivity contribution >= 4 is 17.5 Å². The maximum atomic E-state index is 13.8. The van der Waals surface area contributed by atoms with Crippen LogP contribution in [0.1, 0.15) is 19.9 Å². The van der Waals surface area contributed by atoms with Gasteiger partial charge in [-0.1, -0.05) is 0 Å². The molecule has 0 spiro atoms. The average Bonchev–Trinajstić information content (AvgIpc) is 3.10. The standard InChI is InChI=1S/C17H21FN4O3/c1-4-25-15-7-6-13(10-14(15)18)20-16(23)11-21(3)17(24)12(2)22-9-5-8-19-22/h5-10,12H,4,11H2,1-3H3,(H,20,23). The zero-order valence-electron chi connectivity index (χ0n) is 14.4. The van der Waals surface area contributed by atoms with Crippen LogP contribution in [0.5, 0.6) is 5.75 Å². The molecule has 0 radical (unpaired) electrons. The van der Waals surface area contributed by atoms with Crippen molar-refractivity contribution in [3.8, 4) is 5.75 Å². The van der Waals surface area contributed by atoms with E-state index in [0.29, 0.717) is 12.3 Å². The van der Waals surface area contributed by atoms with E-state index in [9.17, 15) is 14.0 Å². The second kappa shape index (κ2) is 8.27. The lowest BCUT2D eigenvalue weighted by Crippen LogP contribution is -2.38. The van der Waals surface area contributed by atoms with Gasteiger partial charge in [0.15, 0.2) is 11.6 Å². The van der Waals surface area contributed by atoms with Crippen molar-refractivity contribution in [1.82, 2.24) is 14.7 Å². The maximum absolute atomic E-state index is 13.8. The van der Waals surface area contributed by atoms with Crippen LogP contribution >= 0.6 is 0 Å². The highest BCUT2D eigenvalue weighted by atomic mass is 19.1. The van der Waals surface area contributed by atoms with Gasteiger partial charge in [-0.2, -0.15) is 5.10 Å². The molecule has 0 saturated heterocycles. The number of carbonyl (C=O) groups excluding carboxylic acids is 2. The highest BCUT2D eigenvalue weighted by molar-refractivity contribution is 5.94. The molecule has 2 rings (SSSR count). The SMILES string of the molecule is CCOc1ccc(NC(=O)CN(C)C(=O)C(C)n2cccn2)cc1F. The van der Waals surface area contributed by atoms with E-state index in [1.165, 1.54) is 28.8 Å². The lowest BCUT2D eigenvalue weighted by molar-refractivity contribution is -0.136. The molecule has 1 atom stereocenters.